The van der Waals surface area contributed by atoms with Gasteiger partial charge in [0.05, 0.1) is 0 Å². The molecule has 2 atom stereocenters. The van der Waals surface area contributed by atoms with Crippen LogP contribution in [0.2, 0.25) is 0 Å². The van der Waals surface area contributed by atoms with E-state index in [4.69, 9.17) is 0 Å². The minimum Gasteiger partial charge on any atom is -0.356 e. The molecule has 2 rings (SSSR count). The molecule has 2 N–H and O–H groups in total. The molecule has 0 aromatic heterocycles. The van der Waals surface area contributed by atoms with Gasteiger partial charge in [0, 0.05) is 45.7 Å². The van der Waals surface area contributed by atoms with Crippen molar-refractivity contribution in [1.82, 2.24) is 20.4 Å². The molecule has 6 heteroatoms. The maximum Gasteiger partial charge on any atom is 0.222 e. The number of likely N-dealkylation sites (tertiary alicyclic amines) is 2. The molecule has 2 fully saturated rings. The number of guanidine groups is 1. The van der Waals surface area contributed by atoms with Gasteiger partial charge in [-0.05, 0) is 38.3 Å². The van der Waals surface area contributed by atoms with Crippen molar-refractivity contribution in [2.24, 2.45) is 10.9 Å². The lowest BCUT2D eigenvalue weighted by Crippen LogP contribution is -2.47. The van der Waals surface area contributed by atoms with Crippen LogP contribution in [0.4, 0.5) is 0 Å². The lowest BCUT2D eigenvalue weighted by Gasteiger charge is -2.29. The van der Waals surface area contributed by atoms with Gasteiger partial charge in [-0.25, -0.2) is 0 Å². The number of carbonyl (C=O) groups is 1. The van der Waals surface area contributed by atoms with Gasteiger partial charge in [-0.3, -0.25) is 9.79 Å². The number of aliphatic imine (C=N–C) groups is 1. The summed E-state index contributed by atoms with van der Waals surface area (Å²) in [5.41, 5.74) is 0. The summed E-state index contributed by atoms with van der Waals surface area (Å²) in [4.78, 5) is 20.6. The Bertz CT molecular complexity index is 420. The summed E-state index contributed by atoms with van der Waals surface area (Å²) >= 11 is 0. The summed E-state index contributed by atoms with van der Waals surface area (Å²) in [5, 5.41) is 6.92. The predicted octanol–water partition coefficient (Wildman–Crippen LogP) is 1.28. The first-order valence-corrected chi connectivity index (χ1v) is 9.59. The van der Waals surface area contributed by atoms with E-state index in [1.54, 1.807) is 0 Å². The second-order valence-electron chi connectivity index (χ2n) is 7.24. The highest BCUT2D eigenvalue weighted by Crippen LogP contribution is 2.11. The van der Waals surface area contributed by atoms with Crippen LogP contribution in [0.25, 0.3) is 0 Å². The lowest BCUT2D eigenvalue weighted by atomic mass is 10.1. The average Bonchev–Trinajstić information content (AvgIpc) is 3.07. The molecule has 0 saturated carbocycles. The quantitative estimate of drug-likeness (QED) is 0.566. The Hall–Kier alpha value is -1.30. The van der Waals surface area contributed by atoms with Crippen molar-refractivity contribution >= 4 is 11.9 Å². The third kappa shape index (κ3) is 5.96. The second-order valence-corrected chi connectivity index (χ2v) is 7.24. The molecule has 0 aromatic rings. The van der Waals surface area contributed by atoms with E-state index in [-0.39, 0.29) is 5.91 Å². The van der Waals surface area contributed by atoms with Crippen LogP contribution in [0.15, 0.2) is 4.99 Å². The van der Waals surface area contributed by atoms with Crippen molar-refractivity contribution in [3.63, 3.8) is 0 Å². The van der Waals surface area contributed by atoms with Crippen LogP contribution in [-0.2, 0) is 4.79 Å². The first kappa shape index (κ1) is 19.0. The summed E-state index contributed by atoms with van der Waals surface area (Å²) in [5.74, 6) is 1.71. The van der Waals surface area contributed by atoms with Gasteiger partial charge < -0.3 is 20.4 Å². The monoisotopic (exact) mass is 337 g/mol. The van der Waals surface area contributed by atoms with Crippen molar-refractivity contribution in [3.8, 4) is 0 Å². The zero-order chi connectivity index (χ0) is 17.4. The maximum atomic E-state index is 11.8. The van der Waals surface area contributed by atoms with E-state index >= 15 is 0 Å². The molecule has 2 unspecified atom stereocenters. The molecule has 1 amide bonds. The number of piperidine rings is 1. The van der Waals surface area contributed by atoms with Crippen LogP contribution in [0.3, 0.4) is 0 Å². The minimum absolute atomic E-state index is 0.248. The van der Waals surface area contributed by atoms with Gasteiger partial charge in [-0.15, -0.1) is 0 Å². The molecule has 138 valence electrons. The Labute approximate surface area is 147 Å². The molecule has 2 aliphatic heterocycles. The summed E-state index contributed by atoms with van der Waals surface area (Å²) < 4.78 is 0. The highest BCUT2D eigenvalue weighted by atomic mass is 16.2. The topological polar surface area (TPSA) is 60.0 Å². The lowest BCUT2D eigenvalue weighted by molar-refractivity contribution is -0.129. The number of rotatable bonds is 6. The van der Waals surface area contributed by atoms with Gasteiger partial charge >= 0.3 is 0 Å². The summed E-state index contributed by atoms with van der Waals surface area (Å²) in [6.07, 6.45) is 5.66. The molecular formula is C18H35N5O. The number of hydrogen-bond acceptors (Lipinski definition) is 3. The Balaban J connectivity index is 1.67. The van der Waals surface area contributed by atoms with Crippen LogP contribution in [0.1, 0.15) is 46.0 Å². The highest BCUT2D eigenvalue weighted by molar-refractivity contribution is 5.80. The van der Waals surface area contributed by atoms with Crippen LogP contribution < -0.4 is 10.6 Å². The molecule has 0 radical (unpaired) electrons. The van der Waals surface area contributed by atoms with Crippen molar-refractivity contribution in [1.29, 1.82) is 0 Å². The van der Waals surface area contributed by atoms with Crippen LogP contribution in [0, 0.1) is 5.92 Å². The zero-order valence-corrected chi connectivity index (χ0v) is 15.7. The minimum atomic E-state index is 0.248. The Morgan fingerprint density at radius 2 is 2.00 bits per heavy atom. The van der Waals surface area contributed by atoms with Gasteiger partial charge in [0.2, 0.25) is 5.91 Å². The molecule has 0 bridgehead atoms. The second kappa shape index (κ2) is 9.87. The molecular weight excluding hydrogens is 302 g/mol. The number of nitrogens with one attached hydrogen (secondary N) is 2. The van der Waals surface area contributed by atoms with Crippen LogP contribution in [0.5, 0.6) is 0 Å². The third-order valence-corrected chi connectivity index (χ3v) is 5.04. The van der Waals surface area contributed by atoms with E-state index in [0.29, 0.717) is 18.4 Å². The standard InChI is InChI=1S/C18H35N5O/c1-4-17(24)23-11-8-16(14-23)21-18(19-3)20-12-15(2)13-22-9-6-5-7-10-22/h15-16H,4-14H2,1-3H3,(H2,19,20,21). The summed E-state index contributed by atoms with van der Waals surface area (Å²) in [7, 11) is 1.81. The molecule has 6 nitrogen and oxygen atoms in total. The van der Waals surface area contributed by atoms with E-state index in [1.807, 2.05) is 18.9 Å². The highest BCUT2D eigenvalue weighted by Gasteiger charge is 2.25. The number of hydrogen-bond donors (Lipinski definition) is 2. The summed E-state index contributed by atoms with van der Waals surface area (Å²) in [6, 6.07) is 0.309. The van der Waals surface area contributed by atoms with E-state index in [2.05, 4.69) is 27.4 Å². The van der Waals surface area contributed by atoms with Crippen LogP contribution >= 0.6 is 0 Å². The van der Waals surface area contributed by atoms with E-state index in [1.165, 1.54) is 32.4 Å². The third-order valence-electron chi connectivity index (χ3n) is 5.04. The van der Waals surface area contributed by atoms with Crippen molar-refractivity contribution in [3.05, 3.63) is 0 Å². The Morgan fingerprint density at radius 3 is 2.67 bits per heavy atom. The smallest absolute Gasteiger partial charge is 0.222 e. The fraction of sp³-hybridized carbons (Fsp3) is 0.889. The van der Waals surface area contributed by atoms with Gasteiger partial charge in [0.15, 0.2) is 5.96 Å². The van der Waals surface area contributed by atoms with Crippen LogP contribution in [-0.4, -0.2) is 74.0 Å². The fourth-order valence-corrected chi connectivity index (χ4v) is 3.63. The molecule has 2 heterocycles. The molecule has 2 aliphatic rings. The molecule has 24 heavy (non-hydrogen) atoms. The van der Waals surface area contributed by atoms with Gasteiger partial charge in [-0.2, -0.15) is 0 Å². The van der Waals surface area contributed by atoms with Gasteiger partial charge in [0.25, 0.3) is 0 Å². The number of carbonyl (C=O) groups excluding carboxylic acids is 1. The Kier molecular flexibility index (Phi) is 7.82. The molecule has 0 aliphatic carbocycles. The average molecular weight is 338 g/mol. The normalized spacial score (nSPS) is 24.0. The largest absolute Gasteiger partial charge is 0.356 e. The SMILES string of the molecule is CCC(=O)N1CCC(NC(=NC)NCC(C)CN2CCCCC2)C1. The molecule has 0 aromatic carbocycles. The first-order valence-electron chi connectivity index (χ1n) is 9.59. The predicted molar refractivity (Wildman–Crippen MR) is 99.2 cm³/mol. The summed E-state index contributed by atoms with van der Waals surface area (Å²) in [6.45, 7) is 10.5. The van der Waals surface area contributed by atoms with Crippen molar-refractivity contribution in [2.45, 2.75) is 52.0 Å². The molecule has 2 saturated heterocycles. The van der Waals surface area contributed by atoms with Gasteiger partial charge in [0.1, 0.15) is 0 Å². The van der Waals surface area contributed by atoms with E-state index < -0.39 is 0 Å². The zero-order valence-electron chi connectivity index (χ0n) is 15.7. The van der Waals surface area contributed by atoms with Crippen molar-refractivity contribution in [2.75, 3.05) is 46.3 Å². The first-order chi connectivity index (χ1) is 11.6. The Morgan fingerprint density at radius 1 is 1.25 bits per heavy atom. The van der Waals surface area contributed by atoms with E-state index in [0.717, 1.165) is 38.6 Å². The number of amides is 1. The number of nitrogens with zero attached hydrogens (tertiary/aromatic N) is 3. The fourth-order valence-electron chi connectivity index (χ4n) is 3.63. The van der Waals surface area contributed by atoms with Crippen molar-refractivity contribution < 1.29 is 4.79 Å². The maximum absolute atomic E-state index is 11.8. The van der Waals surface area contributed by atoms with E-state index in [9.17, 15) is 4.79 Å². The van der Waals surface area contributed by atoms with Gasteiger partial charge in [-0.1, -0.05) is 20.3 Å². The molecule has 0 spiro atoms.